The third kappa shape index (κ3) is 3.91. The number of esters is 1. The number of rotatable bonds is 3. The molecule has 0 N–H and O–H groups in total. The van der Waals surface area contributed by atoms with E-state index in [1.54, 1.807) is 6.26 Å². The highest BCUT2D eigenvalue weighted by Crippen LogP contribution is 2.40. The fourth-order valence-corrected chi connectivity index (χ4v) is 3.52. The molecule has 0 amide bonds. The fraction of sp³-hybridized carbons (Fsp3) is 0.500. The Labute approximate surface area is 134 Å². The Balaban J connectivity index is 3.52. The molecule has 1 rings (SSSR count). The SMILES string of the molecule is COC(=O)/C(C#N)=C1\CCCCC[C@@H]1C(SC)=C(C#N)C#N. The molecule has 0 heterocycles. The minimum absolute atomic E-state index is 0.0104. The van der Waals surface area contributed by atoms with Gasteiger partial charge in [-0.25, -0.2) is 4.79 Å². The summed E-state index contributed by atoms with van der Waals surface area (Å²) in [6.45, 7) is 0. The molecule has 0 spiro atoms. The molecule has 0 aromatic carbocycles. The molecule has 1 fully saturated rings. The fourth-order valence-electron chi connectivity index (χ4n) is 2.68. The summed E-state index contributed by atoms with van der Waals surface area (Å²) in [4.78, 5) is 12.5. The Kier molecular flexibility index (Phi) is 7.23. The second-order valence-electron chi connectivity index (χ2n) is 4.82. The lowest BCUT2D eigenvalue weighted by atomic mass is 9.88. The van der Waals surface area contributed by atoms with Crippen LogP contribution in [0, 0.1) is 39.9 Å². The van der Waals surface area contributed by atoms with Crippen molar-refractivity contribution in [3.05, 3.63) is 21.6 Å². The number of nitrogens with zero attached hydrogens (tertiary/aromatic N) is 3. The molecule has 0 aliphatic heterocycles. The van der Waals surface area contributed by atoms with Crippen LogP contribution in [0.3, 0.4) is 0 Å². The first-order valence-corrected chi connectivity index (χ1v) is 8.16. The second-order valence-corrected chi connectivity index (χ2v) is 5.67. The summed E-state index contributed by atoms with van der Waals surface area (Å²) >= 11 is 1.33. The van der Waals surface area contributed by atoms with E-state index in [-0.39, 0.29) is 17.1 Å². The highest BCUT2D eigenvalue weighted by Gasteiger charge is 2.29. The van der Waals surface area contributed by atoms with Gasteiger partial charge >= 0.3 is 5.97 Å². The van der Waals surface area contributed by atoms with E-state index in [2.05, 4.69) is 0 Å². The van der Waals surface area contributed by atoms with Gasteiger partial charge in [0.1, 0.15) is 29.4 Å². The smallest absolute Gasteiger partial charge is 0.348 e. The maximum Gasteiger partial charge on any atom is 0.348 e. The van der Waals surface area contributed by atoms with E-state index in [0.29, 0.717) is 16.9 Å². The monoisotopic (exact) mass is 315 g/mol. The Bertz CT molecular complexity index is 613. The van der Waals surface area contributed by atoms with Crippen molar-refractivity contribution in [2.45, 2.75) is 32.1 Å². The van der Waals surface area contributed by atoms with Gasteiger partial charge in [-0.1, -0.05) is 12.8 Å². The zero-order valence-corrected chi connectivity index (χ0v) is 13.5. The van der Waals surface area contributed by atoms with Crippen LogP contribution in [-0.4, -0.2) is 19.3 Å². The van der Waals surface area contributed by atoms with Crippen molar-refractivity contribution >= 4 is 17.7 Å². The first kappa shape index (κ1) is 17.8. The van der Waals surface area contributed by atoms with Crippen LogP contribution in [0.2, 0.25) is 0 Å². The first-order chi connectivity index (χ1) is 10.6. The molecule has 1 aliphatic carbocycles. The molecule has 1 saturated carbocycles. The number of hydrogen-bond donors (Lipinski definition) is 0. The van der Waals surface area contributed by atoms with Gasteiger partial charge in [0.05, 0.1) is 7.11 Å². The lowest BCUT2D eigenvalue weighted by Crippen LogP contribution is -2.14. The highest BCUT2D eigenvalue weighted by molar-refractivity contribution is 8.02. The van der Waals surface area contributed by atoms with Crippen LogP contribution in [0.4, 0.5) is 0 Å². The quantitative estimate of drug-likeness (QED) is 0.343. The molecule has 0 unspecified atom stereocenters. The Morgan fingerprint density at radius 3 is 2.36 bits per heavy atom. The molecular weight excluding hydrogens is 298 g/mol. The molecule has 1 atom stereocenters. The van der Waals surface area contributed by atoms with Crippen LogP contribution >= 0.6 is 11.8 Å². The summed E-state index contributed by atoms with van der Waals surface area (Å²) in [5.41, 5.74) is 0.759. The molecule has 0 aromatic heterocycles. The average Bonchev–Trinajstić information content (AvgIpc) is 2.79. The van der Waals surface area contributed by atoms with E-state index in [9.17, 15) is 10.1 Å². The summed E-state index contributed by atoms with van der Waals surface area (Å²) in [6, 6.07) is 5.78. The average molecular weight is 315 g/mol. The van der Waals surface area contributed by atoms with Gasteiger partial charge in [-0.2, -0.15) is 15.8 Å². The van der Waals surface area contributed by atoms with E-state index in [1.165, 1.54) is 18.9 Å². The first-order valence-electron chi connectivity index (χ1n) is 6.94. The van der Waals surface area contributed by atoms with Crippen molar-refractivity contribution < 1.29 is 9.53 Å². The normalized spacial score (nSPS) is 19.7. The molecule has 0 saturated heterocycles. The standard InChI is InChI=1S/C16H17N3O2S/c1-21-16(20)14(10-19)12-6-4-3-5-7-13(12)15(22-2)11(8-17)9-18/h13H,3-7H2,1-2H3/b14-12+/t13-/m0/s1. The van der Waals surface area contributed by atoms with Crippen molar-refractivity contribution in [2.75, 3.05) is 13.4 Å². The minimum atomic E-state index is -0.652. The summed E-state index contributed by atoms with van der Waals surface area (Å²) in [5.74, 6) is -0.888. The van der Waals surface area contributed by atoms with Crippen molar-refractivity contribution in [2.24, 2.45) is 5.92 Å². The summed E-state index contributed by atoms with van der Waals surface area (Å²) in [7, 11) is 1.24. The third-order valence-electron chi connectivity index (χ3n) is 3.69. The van der Waals surface area contributed by atoms with E-state index >= 15 is 0 Å². The number of nitriles is 3. The zero-order valence-electron chi connectivity index (χ0n) is 12.7. The molecule has 5 nitrogen and oxygen atoms in total. The molecule has 0 radical (unpaired) electrons. The second kappa shape index (κ2) is 8.93. The van der Waals surface area contributed by atoms with E-state index < -0.39 is 5.97 Å². The zero-order chi connectivity index (χ0) is 16.5. The van der Waals surface area contributed by atoms with Gasteiger partial charge in [-0.3, -0.25) is 0 Å². The summed E-state index contributed by atoms with van der Waals surface area (Å²) in [6.07, 6.45) is 5.94. The number of ether oxygens (including phenoxy) is 1. The predicted molar refractivity (Wildman–Crippen MR) is 83.0 cm³/mol. The van der Waals surface area contributed by atoms with Gasteiger partial charge < -0.3 is 4.74 Å². The molecule has 114 valence electrons. The highest BCUT2D eigenvalue weighted by atomic mass is 32.2. The van der Waals surface area contributed by atoms with Gasteiger partial charge in [0.15, 0.2) is 0 Å². The lowest BCUT2D eigenvalue weighted by molar-refractivity contribution is -0.135. The number of carbonyl (C=O) groups is 1. The van der Waals surface area contributed by atoms with E-state index in [0.717, 1.165) is 25.7 Å². The maximum atomic E-state index is 11.9. The summed E-state index contributed by atoms with van der Waals surface area (Å²) in [5, 5.41) is 27.6. The number of methoxy groups -OCH3 is 1. The van der Waals surface area contributed by atoms with Crippen molar-refractivity contribution in [1.29, 1.82) is 15.8 Å². The van der Waals surface area contributed by atoms with E-state index in [4.69, 9.17) is 15.3 Å². The molecular formula is C16H17N3O2S. The minimum Gasteiger partial charge on any atom is -0.465 e. The van der Waals surface area contributed by atoms with Gasteiger partial charge in [-0.15, -0.1) is 11.8 Å². The van der Waals surface area contributed by atoms with Crippen molar-refractivity contribution in [3.63, 3.8) is 0 Å². The predicted octanol–water partition coefficient (Wildman–Crippen LogP) is 3.22. The largest absolute Gasteiger partial charge is 0.465 e. The van der Waals surface area contributed by atoms with Crippen molar-refractivity contribution in [1.82, 2.24) is 0 Å². The van der Waals surface area contributed by atoms with Crippen LogP contribution in [0.5, 0.6) is 0 Å². The molecule has 0 aromatic rings. The van der Waals surface area contributed by atoms with Gasteiger partial charge in [0, 0.05) is 10.8 Å². The molecule has 6 heteroatoms. The van der Waals surface area contributed by atoms with Gasteiger partial charge in [0.2, 0.25) is 0 Å². The number of carbonyl (C=O) groups excluding carboxylic acids is 1. The van der Waals surface area contributed by atoms with Crippen LogP contribution in [0.1, 0.15) is 32.1 Å². The van der Waals surface area contributed by atoms with Crippen LogP contribution in [0.25, 0.3) is 0 Å². The van der Waals surface area contributed by atoms with Crippen molar-refractivity contribution in [3.8, 4) is 18.2 Å². The van der Waals surface area contributed by atoms with E-state index in [1.807, 2.05) is 18.2 Å². The Morgan fingerprint density at radius 2 is 1.86 bits per heavy atom. The van der Waals surface area contributed by atoms with Crippen LogP contribution in [0.15, 0.2) is 21.6 Å². The van der Waals surface area contributed by atoms with Crippen LogP contribution in [-0.2, 0) is 9.53 Å². The van der Waals surface area contributed by atoms with Gasteiger partial charge in [0.25, 0.3) is 0 Å². The molecule has 0 bridgehead atoms. The number of hydrogen-bond acceptors (Lipinski definition) is 6. The maximum absolute atomic E-state index is 11.9. The topological polar surface area (TPSA) is 97.7 Å². The lowest BCUT2D eigenvalue weighted by Gasteiger charge is -2.21. The Morgan fingerprint density at radius 1 is 1.18 bits per heavy atom. The molecule has 22 heavy (non-hydrogen) atoms. The van der Waals surface area contributed by atoms with Gasteiger partial charge in [-0.05, 0) is 31.1 Å². The third-order valence-corrected chi connectivity index (χ3v) is 4.62. The Hall–Kier alpha value is -2.23. The molecule has 1 aliphatic rings. The summed E-state index contributed by atoms with van der Waals surface area (Å²) < 4.78 is 4.70. The number of allylic oxidation sites excluding steroid dienone is 3. The number of thioether (sulfide) groups is 1. The van der Waals surface area contributed by atoms with Crippen LogP contribution < -0.4 is 0 Å².